The van der Waals surface area contributed by atoms with Crippen LogP contribution < -0.4 is 0 Å². The lowest BCUT2D eigenvalue weighted by atomic mass is 9.92. The van der Waals surface area contributed by atoms with Crippen LogP contribution in [0.25, 0.3) is 0 Å². The minimum atomic E-state index is 0. The molecule has 0 spiro atoms. The summed E-state index contributed by atoms with van der Waals surface area (Å²) in [6.07, 6.45) is 7.93. The summed E-state index contributed by atoms with van der Waals surface area (Å²) in [6.45, 7) is 33.9. The zero-order valence-electron chi connectivity index (χ0n) is 21.4. The average molecular weight is 367 g/mol. The molecule has 0 bridgehead atoms. The summed E-state index contributed by atoms with van der Waals surface area (Å²) in [6, 6.07) is 0. The molecule has 0 aliphatic rings. The smallest absolute Gasteiger partial charge is 0.0420 e. The Balaban J connectivity index is -0.0000000247. The molecule has 0 nitrogen and oxygen atoms in total. The monoisotopic (exact) mass is 367 g/mol. The molecule has 166 valence electrons. The molecular weight excluding hydrogens is 300 g/mol. The second-order valence-corrected chi connectivity index (χ2v) is 4.77. The fourth-order valence-electron chi connectivity index (χ4n) is 0.805. The molecule has 0 saturated heterocycles. The van der Waals surface area contributed by atoms with Crippen LogP contribution in [-0.4, -0.2) is 0 Å². The molecule has 0 aliphatic heterocycles. The highest BCUT2D eigenvalue weighted by atomic mass is 14.1. The molecule has 0 saturated carbocycles. The normalized spacial score (nSPS) is 9.12. The van der Waals surface area contributed by atoms with E-state index in [1.807, 2.05) is 55.4 Å². The van der Waals surface area contributed by atoms with E-state index in [1.54, 1.807) is 0 Å². The van der Waals surface area contributed by atoms with E-state index in [4.69, 9.17) is 0 Å². The van der Waals surface area contributed by atoms with Crippen LogP contribution in [0.5, 0.6) is 0 Å². The van der Waals surface area contributed by atoms with E-state index in [9.17, 15) is 0 Å². The summed E-state index contributed by atoms with van der Waals surface area (Å²) < 4.78 is 0. The Bertz CT molecular complexity index is 70.0. The lowest BCUT2D eigenvalue weighted by molar-refractivity contribution is 0.367. The molecule has 0 aromatic rings. The zero-order chi connectivity index (χ0) is 21.4. The van der Waals surface area contributed by atoms with Crippen molar-refractivity contribution in [3.63, 3.8) is 0 Å². The van der Waals surface area contributed by atoms with Crippen LogP contribution in [0.2, 0.25) is 0 Å². The molecular formula is C25H66. The first-order chi connectivity index (χ1) is 11.5. The van der Waals surface area contributed by atoms with Crippen LogP contribution in [0.4, 0.5) is 0 Å². The molecule has 0 radical (unpaired) electrons. The Morgan fingerprint density at radius 2 is 0.520 bits per heavy atom. The van der Waals surface area contributed by atoms with Gasteiger partial charge in [-0.15, -0.1) is 0 Å². The van der Waals surface area contributed by atoms with Gasteiger partial charge in [-0.05, 0) is 11.8 Å². The van der Waals surface area contributed by atoms with Crippen molar-refractivity contribution in [3.8, 4) is 0 Å². The Morgan fingerprint density at radius 1 is 0.400 bits per heavy atom. The maximum absolute atomic E-state index is 2.33. The van der Waals surface area contributed by atoms with Gasteiger partial charge in [0.2, 0.25) is 0 Å². The van der Waals surface area contributed by atoms with Gasteiger partial charge in [-0.3, -0.25) is 0 Å². The molecule has 0 aliphatic carbocycles. The third-order valence-electron chi connectivity index (χ3n) is 3.26. The molecule has 0 aromatic carbocycles. The highest BCUT2D eigenvalue weighted by Gasteiger charge is 2.05. The van der Waals surface area contributed by atoms with E-state index in [0.717, 1.165) is 11.8 Å². The van der Waals surface area contributed by atoms with Gasteiger partial charge in [0.25, 0.3) is 0 Å². The fraction of sp³-hybridized carbons (Fsp3) is 1.00. The quantitative estimate of drug-likeness (QED) is 0.453. The lowest BCUT2D eigenvalue weighted by Gasteiger charge is -2.14. The van der Waals surface area contributed by atoms with Crippen LogP contribution in [-0.2, 0) is 0 Å². The minimum Gasteiger partial charge on any atom is -0.0776 e. The molecule has 0 heterocycles. The first-order valence-electron chi connectivity index (χ1n) is 11.5. The van der Waals surface area contributed by atoms with Gasteiger partial charge in [-0.1, -0.05) is 157 Å². The van der Waals surface area contributed by atoms with Crippen molar-refractivity contribution < 1.29 is 0 Å². The summed E-state index contributed by atoms with van der Waals surface area (Å²) in [5.74, 6) is 1.83. The van der Waals surface area contributed by atoms with Crippen LogP contribution >= 0.6 is 0 Å². The standard InChI is InChI=1S/C8H18.2C4H10.4C2H6.CH4/c1-5-7(3)8(4)6-2;2*1-3-4-2;4*1-2;/h7-8H,5-6H2,1-4H3;2*3-4H2,1-2H3;4*1-2H3;1H4. The summed E-state index contributed by atoms with van der Waals surface area (Å²) in [5, 5.41) is 0. The van der Waals surface area contributed by atoms with Crippen LogP contribution in [0, 0.1) is 11.8 Å². The van der Waals surface area contributed by atoms with Gasteiger partial charge in [0.05, 0.1) is 0 Å². The Labute approximate surface area is 169 Å². The van der Waals surface area contributed by atoms with Crippen molar-refractivity contribution in [2.45, 2.75) is 157 Å². The largest absolute Gasteiger partial charge is 0.0776 e. The van der Waals surface area contributed by atoms with Crippen molar-refractivity contribution in [1.29, 1.82) is 0 Å². The first kappa shape index (κ1) is 49.8. The third-order valence-corrected chi connectivity index (χ3v) is 3.26. The van der Waals surface area contributed by atoms with Gasteiger partial charge >= 0.3 is 0 Å². The minimum absolute atomic E-state index is 0. The first-order valence-corrected chi connectivity index (χ1v) is 11.5. The van der Waals surface area contributed by atoms with E-state index in [2.05, 4.69) is 55.4 Å². The highest BCUT2D eigenvalue weighted by Crippen LogP contribution is 2.16. The van der Waals surface area contributed by atoms with Crippen molar-refractivity contribution >= 4 is 0 Å². The van der Waals surface area contributed by atoms with E-state index < -0.39 is 0 Å². The summed E-state index contributed by atoms with van der Waals surface area (Å²) in [7, 11) is 0. The van der Waals surface area contributed by atoms with Gasteiger partial charge in [-0.25, -0.2) is 0 Å². The third kappa shape index (κ3) is 116. The summed E-state index contributed by atoms with van der Waals surface area (Å²) in [5.41, 5.74) is 0. The SMILES string of the molecule is C.CC.CC.CC.CC.CCC(C)C(C)CC.CCCC.CCCC. The van der Waals surface area contributed by atoms with E-state index in [1.165, 1.54) is 38.5 Å². The Morgan fingerprint density at radius 3 is 0.560 bits per heavy atom. The molecule has 0 heteroatoms. The Kier molecular flexibility index (Phi) is 176. The molecule has 0 N–H and O–H groups in total. The topological polar surface area (TPSA) is 0 Å². The van der Waals surface area contributed by atoms with Gasteiger partial charge in [0, 0.05) is 0 Å². The van der Waals surface area contributed by atoms with Crippen molar-refractivity contribution in [3.05, 3.63) is 0 Å². The summed E-state index contributed by atoms with van der Waals surface area (Å²) >= 11 is 0. The van der Waals surface area contributed by atoms with Gasteiger partial charge in [0.15, 0.2) is 0 Å². The Hall–Kier alpha value is 0. The second kappa shape index (κ2) is 88.2. The number of hydrogen-bond donors (Lipinski definition) is 0. The van der Waals surface area contributed by atoms with Crippen LogP contribution in [0.1, 0.15) is 157 Å². The predicted octanol–water partition coefficient (Wildman–Crippen LogP) is 11.4. The molecule has 25 heavy (non-hydrogen) atoms. The number of hydrogen-bond acceptors (Lipinski definition) is 0. The van der Waals surface area contributed by atoms with Gasteiger partial charge < -0.3 is 0 Å². The maximum atomic E-state index is 2.33. The molecule has 0 fully saturated rings. The fourth-order valence-corrected chi connectivity index (χ4v) is 0.805. The highest BCUT2D eigenvalue weighted by molar-refractivity contribution is 4.56. The molecule has 2 atom stereocenters. The van der Waals surface area contributed by atoms with E-state index >= 15 is 0 Å². The van der Waals surface area contributed by atoms with Crippen LogP contribution in [0.15, 0.2) is 0 Å². The van der Waals surface area contributed by atoms with Gasteiger partial charge in [-0.2, -0.15) is 0 Å². The summed E-state index contributed by atoms with van der Waals surface area (Å²) in [4.78, 5) is 0. The number of unbranched alkanes of at least 4 members (excludes halogenated alkanes) is 2. The molecule has 2 unspecified atom stereocenters. The lowest BCUT2D eigenvalue weighted by Crippen LogP contribution is -2.04. The molecule has 0 amide bonds. The van der Waals surface area contributed by atoms with E-state index in [-0.39, 0.29) is 7.43 Å². The average Bonchev–Trinajstić information content (AvgIpc) is 2.72. The van der Waals surface area contributed by atoms with Crippen molar-refractivity contribution in [1.82, 2.24) is 0 Å². The maximum Gasteiger partial charge on any atom is -0.0420 e. The van der Waals surface area contributed by atoms with Crippen molar-refractivity contribution in [2.75, 3.05) is 0 Å². The van der Waals surface area contributed by atoms with Gasteiger partial charge in [0.1, 0.15) is 0 Å². The predicted molar refractivity (Wildman–Crippen MR) is 132 cm³/mol. The van der Waals surface area contributed by atoms with Crippen molar-refractivity contribution in [2.24, 2.45) is 11.8 Å². The molecule has 0 rings (SSSR count). The second-order valence-electron chi connectivity index (χ2n) is 4.77. The number of rotatable bonds is 5. The molecule has 0 aromatic heterocycles. The van der Waals surface area contributed by atoms with Crippen LogP contribution in [0.3, 0.4) is 0 Å². The van der Waals surface area contributed by atoms with E-state index in [0.29, 0.717) is 0 Å². The zero-order valence-corrected chi connectivity index (χ0v) is 21.4.